The van der Waals surface area contributed by atoms with E-state index in [0.29, 0.717) is 18.9 Å². The number of hydrogen-bond donors (Lipinski definition) is 1. The molecule has 1 aromatic carbocycles. The summed E-state index contributed by atoms with van der Waals surface area (Å²) in [5.41, 5.74) is 5.99. The molecule has 0 atom stereocenters. The standard InChI is InChI=1S/C12H20N2O3S/c1-4-17-10-5-6-11(13)12(9-10)18(15,16)8-7-14(2)3/h5-6,9H,4,7-8,13H2,1-3H3. The Hall–Kier alpha value is -1.27. The van der Waals surface area contributed by atoms with Crippen molar-refractivity contribution in [3.8, 4) is 5.75 Å². The molecule has 0 aliphatic carbocycles. The third-order valence-electron chi connectivity index (χ3n) is 2.44. The summed E-state index contributed by atoms with van der Waals surface area (Å²) in [5.74, 6) is 0.565. The number of nitrogens with zero attached hydrogens (tertiary/aromatic N) is 1. The summed E-state index contributed by atoms with van der Waals surface area (Å²) in [6.07, 6.45) is 0. The average Bonchev–Trinajstić information content (AvgIpc) is 2.29. The number of nitrogens with two attached hydrogens (primary N) is 1. The second kappa shape index (κ2) is 6.06. The average molecular weight is 272 g/mol. The Kier molecular flexibility index (Phi) is 4.98. The molecule has 0 saturated carbocycles. The molecule has 0 unspecified atom stereocenters. The first kappa shape index (κ1) is 14.8. The van der Waals surface area contributed by atoms with Crippen molar-refractivity contribution in [2.24, 2.45) is 0 Å². The fraction of sp³-hybridized carbons (Fsp3) is 0.500. The van der Waals surface area contributed by atoms with Crippen LogP contribution in [-0.2, 0) is 9.84 Å². The Morgan fingerprint density at radius 3 is 2.56 bits per heavy atom. The van der Waals surface area contributed by atoms with E-state index in [1.165, 1.54) is 6.07 Å². The van der Waals surface area contributed by atoms with Gasteiger partial charge in [0.1, 0.15) is 5.75 Å². The molecular weight excluding hydrogens is 252 g/mol. The molecule has 5 nitrogen and oxygen atoms in total. The first-order valence-corrected chi connectivity index (χ1v) is 7.42. The highest BCUT2D eigenvalue weighted by atomic mass is 32.2. The zero-order valence-electron chi connectivity index (χ0n) is 11.0. The summed E-state index contributed by atoms with van der Waals surface area (Å²) in [4.78, 5) is 1.97. The normalized spacial score (nSPS) is 11.8. The van der Waals surface area contributed by atoms with Crippen molar-refractivity contribution in [1.82, 2.24) is 4.90 Å². The zero-order chi connectivity index (χ0) is 13.8. The summed E-state index contributed by atoms with van der Waals surface area (Å²) in [7, 11) is 0.284. The van der Waals surface area contributed by atoms with Gasteiger partial charge in [-0.1, -0.05) is 0 Å². The molecule has 2 N–H and O–H groups in total. The van der Waals surface area contributed by atoms with Crippen LogP contribution in [0.5, 0.6) is 5.75 Å². The lowest BCUT2D eigenvalue weighted by molar-refractivity contribution is 0.339. The Morgan fingerprint density at radius 1 is 1.33 bits per heavy atom. The molecule has 0 radical (unpaired) electrons. The van der Waals surface area contributed by atoms with E-state index in [2.05, 4.69) is 0 Å². The highest BCUT2D eigenvalue weighted by molar-refractivity contribution is 7.91. The lowest BCUT2D eigenvalue weighted by Gasteiger charge is -2.12. The Labute approximate surface area is 108 Å². The van der Waals surface area contributed by atoms with E-state index in [-0.39, 0.29) is 16.3 Å². The molecule has 0 saturated heterocycles. The van der Waals surface area contributed by atoms with Crippen LogP contribution in [0.2, 0.25) is 0 Å². The Bertz CT molecular complexity index is 498. The van der Waals surface area contributed by atoms with Crippen molar-refractivity contribution < 1.29 is 13.2 Å². The molecule has 0 heterocycles. The predicted molar refractivity (Wildman–Crippen MR) is 72.6 cm³/mol. The molecule has 0 aliphatic rings. The summed E-state index contributed by atoms with van der Waals surface area (Å²) in [6.45, 7) is 2.79. The van der Waals surface area contributed by atoms with E-state index in [9.17, 15) is 8.42 Å². The molecule has 18 heavy (non-hydrogen) atoms. The fourth-order valence-corrected chi connectivity index (χ4v) is 3.00. The lowest BCUT2D eigenvalue weighted by atomic mass is 10.3. The second-order valence-electron chi connectivity index (χ2n) is 4.25. The minimum absolute atomic E-state index is 0.0414. The quantitative estimate of drug-likeness (QED) is 0.782. The predicted octanol–water partition coefficient (Wildman–Crippen LogP) is 1.00. The molecule has 0 fully saturated rings. The molecule has 1 rings (SSSR count). The third-order valence-corrected chi connectivity index (χ3v) is 4.18. The van der Waals surface area contributed by atoms with Gasteiger partial charge in [0.25, 0.3) is 0 Å². The molecule has 0 aliphatic heterocycles. The van der Waals surface area contributed by atoms with Crippen LogP contribution in [0.1, 0.15) is 6.92 Å². The smallest absolute Gasteiger partial charge is 0.181 e. The van der Waals surface area contributed by atoms with Gasteiger partial charge in [-0.3, -0.25) is 0 Å². The van der Waals surface area contributed by atoms with E-state index >= 15 is 0 Å². The monoisotopic (exact) mass is 272 g/mol. The Morgan fingerprint density at radius 2 is 2.00 bits per heavy atom. The topological polar surface area (TPSA) is 72.6 Å². The van der Waals surface area contributed by atoms with Gasteiger partial charge in [-0.25, -0.2) is 8.42 Å². The van der Waals surface area contributed by atoms with Gasteiger partial charge in [0.15, 0.2) is 9.84 Å². The van der Waals surface area contributed by atoms with Gasteiger partial charge in [0.05, 0.1) is 22.9 Å². The highest BCUT2D eigenvalue weighted by Crippen LogP contribution is 2.25. The molecule has 6 heteroatoms. The van der Waals surface area contributed by atoms with Gasteiger partial charge < -0.3 is 15.4 Å². The summed E-state index contributed by atoms with van der Waals surface area (Å²) in [5, 5.41) is 0. The number of sulfone groups is 1. The van der Waals surface area contributed by atoms with E-state index in [0.717, 1.165) is 0 Å². The minimum Gasteiger partial charge on any atom is -0.494 e. The van der Waals surface area contributed by atoms with Gasteiger partial charge in [-0.15, -0.1) is 0 Å². The van der Waals surface area contributed by atoms with E-state index in [4.69, 9.17) is 10.5 Å². The molecule has 102 valence electrons. The van der Waals surface area contributed by atoms with Gasteiger partial charge in [-0.05, 0) is 33.2 Å². The van der Waals surface area contributed by atoms with Gasteiger partial charge in [-0.2, -0.15) is 0 Å². The zero-order valence-corrected chi connectivity index (χ0v) is 11.8. The maximum Gasteiger partial charge on any atom is 0.181 e. The fourth-order valence-electron chi connectivity index (χ4n) is 1.45. The van der Waals surface area contributed by atoms with Crippen LogP contribution < -0.4 is 10.5 Å². The van der Waals surface area contributed by atoms with Crippen LogP contribution in [0.4, 0.5) is 5.69 Å². The number of nitrogen functional groups attached to an aromatic ring is 1. The molecule has 0 bridgehead atoms. The van der Waals surface area contributed by atoms with Crippen molar-refractivity contribution in [3.63, 3.8) is 0 Å². The first-order valence-electron chi connectivity index (χ1n) is 5.76. The molecule has 1 aromatic rings. The van der Waals surface area contributed by atoms with Gasteiger partial charge in [0.2, 0.25) is 0 Å². The van der Waals surface area contributed by atoms with E-state index in [1.807, 2.05) is 25.9 Å². The summed E-state index contributed by atoms with van der Waals surface area (Å²) < 4.78 is 29.6. The Balaban J connectivity index is 3.03. The van der Waals surface area contributed by atoms with Crippen LogP contribution in [0.25, 0.3) is 0 Å². The van der Waals surface area contributed by atoms with Crippen LogP contribution >= 0.6 is 0 Å². The molecule has 0 aromatic heterocycles. The van der Waals surface area contributed by atoms with Crippen molar-refractivity contribution in [2.45, 2.75) is 11.8 Å². The number of rotatable bonds is 6. The van der Waals surface area contributed by atoms with Gasteiger partial charge in [0, 0.05) is 12.6 Å². The van der Waals surface area contributed by atoms with Gasteiger partial charge >= 0.3 is 0 Å². The van der Waals surface area contributed by atoms with Crippen LogP contribution in [0.15, 0.2) is 23.1 Å². The molecule has 0 amide bonds. The lowest BCUT2D eigenvalue weighted by Crippen LogP contribution is -2.22. The largest absolute Gasteiger partial charge is 0.494 e. The maximum absolute atomic E-state index is 12.2. The molecule has 0 spiro atoms. The second-order valence-corrected chi connectivity index (χ2v) is 6.33. The van der Waals surface area contributed by atoms with Crippen molar-refractivity contribution in [2.75, 3.05) is 38.7 Å². The third kappa shape index (κ3) is 3.89. The summed E-state index contributed by atoms with van der Waals surface area (Å²) >= 11 is 0. The minimum atomic E-state index is -3.37. The maximum atomic E-state index is 12.2. The summed E-state index contributed by atoms with van der Waals surface area (Å²) in [6, 6.07) is 4.72. The number of anilines is 1. The van der Waals surface area contributed by atoms with Crippen LogP contribution in [0.3, 0.4) is 0 Å². The SMILES string of the molecule is CCOc1ccc(N)c(S(=O)(=O)CCN(C)C)c1. The van der Waals surface area contributed by atoms with E-state index < -0.39 is 9.84 Å². The van der Waals surface area contributed by atoms with Crippen molar-refractivity contribution in [1.29, 1.82) is 0 Å². The van der Waals surface area contributed by atoms with Crippen LogP contribution in [-0.4, -0.2) is 46.3 Å². The number of benzene rings is 1. The van der Waals surface area contributed by atoms with Crippen molar-refractivity contribution in [3.05, 3.63) is 18.2 Å². The number of hydrogen-bond acceptors (Lipinski definition) is 5. The molecular formula is C12H20N2O3S. The van der Waals surface area contributed by atoms with Crippen molar-refractivity contribution >= 4 is 15.5 Å². The number of ether oxygens (including phenoxy) is 1. The first-order chi connectivity index (χ1) is 8.36. The van der Waals surface area contributed by atoms with E-state index in [1.54, 1.807) is 12.1 Å². The highest BCUT2D eigenvalue weighted by Gasteiger charge is 2.18. The van der Waals surface area contributed by atoms with Crippen LogP contribution in [0, 0.1) is 0 Å².